The number of carbonyl (C=O) groups excluding carboxylic acids is 2. The summed E-state index contributed by atoms with van der Waals surface area (Å²) in [5.74, 6) is -0.210. The summed E-state index contributed by atoms with van der Waals surface area (Å²) in [6, 6.07) is 14.7. The number of nitrogens with one attached hydrogen (secondary N) is 2. The molecule has 148 valence electrons. The topological polar surface area (TPSA) is 83.0 Å². The molecular formula is C21H26N4O3. The van der Waals surface area contributed by atoms with Crippen LogP contribution in [-0.4, -0.2) is 38.2 Å². The second kappa shape index (κ2) is 10.7. The Labute approximate surface area is 165 Å². The summed E-state index contributed by atoms with van der Waals surface area (Å²) < 4.78 is 5.05. The minimum absolute atomic E-state index is 0.315. The fraction of sp³-hybridized carbons (Fsp3) is 0.286. The van der Waals surface area contributed by atoms with Gasteiger partial charge in [0.1, 0.15) is 12.2 Å². The number of hydrazone groups is 1. The number of anilines is 2. The Morgan fingerprint density at radius 2 is 1.64 bits per heavy atom. The normalized spacial score (nSPS) is 10.5. The Morgan fingerprint density at radius 1 is 1.00 bits per heavy atom. The molecule has 2 aromatic rings. The Morgan fingerprint density at radius 3 is 2.21 bits per heavy atom. The number of nitrogens with zero attached hydrogens (tertiary/aromatic N) is 2. The molecule has 0 aliphatic carbocycles. The van der Waals surface area contributed by atoms with Crippen molar-refractivity contribution in [3.63, 3.8) is 0 Å². The maximum Gasteiger partial charge on any atom is 0.249 e. The first-order valence-electron chi connectivity index (χ1n) is 9.16. The van der Waals surface area contributed by atoms with Crippen LogP contribution in [0.1, 0.15) is 25.8 Å². The van der Waals surface area contributed by atoms with Crippen molar-refractivity contribution in [1.29, 1.82) is 0 Å². The van der Waals surface area contributed by atoms with Crippen molar-refractivity contribution in [1.82, 2.24) is 5.43 Å². The molecule has 0 aliphatic rings. The summed E-state index contributed by atoms with van der Waals surface area (Å²) in [5.41, 5.74) is 4.96. The molecule has 2 rings (SSSR count). The highest BCUT2D eigenvalue weighted by Gasteiger charge is 2.09. The van der Waals surface area contributed by atoms with E-state index in [0.717, 1.165) is 24.3 Å². The molecule has 0 atom stereocenters. The van der Waals surface area contributed by atoms with Crippen molar-refractivity contribution in [2.75, 3.05) is 30.4 Å². The van der Waals surface area contributed by atoms with Gasteiger partial charge in [0.05, 0.1) is 13.3 Å². The van der Waals surface area contributed by atoms with Gasteiger partial charge in [-0.3, -0.25) is 9.59 Å². The predicted molar refractivity (Wildman–Crippen MR) is 112 cm³/mol. The zero-order valence-corrected chi connectivity index (χ0v) is 16.4. The first-order chi connectivity index (χ1) is 13.5. The predicted octanol–water partition coefficient (Wildman–Crippen LogP) is 3.02. The van der Waals surface area contributed by atoms with E-state index in [1.807, 2.05) is 24.3 Å². The van der Waals surface area contributed by atoms with Crippen LogP contribution in [0, 0.1) is 0 Å². The molecule has 7 heteroatoms. The van der Waals surface area contributed by atoms with E-state index in [2.05, 4.69) is 34.6 Å². The number of hydrogen-bond donors (Lipinski definition) is 2. The number of amides is 2. The number of benzene rings is 2. The van der Waals surface area contributed by atoms with Gasteiger partial charge in [-0.2, -0.15) is 5.10 Å². The number of hydrogen-bond acceptors (Lipinski definition) is 5. The van der Waals surface area contributed by atoms with Crippen LogP contribution >= 0.6 is 0 Å². The molecule has 28 heavy (non-hydrogen) atoms. The SMILES string of the molecule is CCN(CC)c1ccc(C=NNC(=O)CC(=O)Nc2ccc(OC)cc2)cc1. The highest BCUT2D eigenvalue weighted by molar-refractivity contribution is 6.03. The molecule has 0 aromatic heterocycles. The molecule has 2 aromatic carbocycles. The minimum Gasteiger partial charge on any atom is -0.497 e. The summed E-state index contributed by atoms with van der Waals surface area (Å²) in [7, 11) is 1.57. The second-order valence-electron chi connectivity index (χ2n) is 6.01. The van der Waals surface area contributed by atoms with Gasteiger partial charge in [0.15, 0.2) is 0 Å². The highest BCUT2D eigenvalue weighted by Crippen LogP contribution is 2.15. The van der Waals surface area contributed by atoms with Crippen molar-refractivity contribution >= 4 is 29.4 Å². The van der Waals surface area contributed by atoms with E-state index in [1.165, 1.54) is 0 Å². The lowest BCUT2D eigenvalue weighted by atomic mass is 10.2. The molecule has 0 saturated carbocycles. The summed E-state index contributed by atoms with van der Waals surface area (Å²) in [5, 5.41) is 6.55. The molecule has 0 spiro atoms. The van der Waals surface area contributed by atoms with E-state index in [0.29, 0.717) is 11.4 Å². The molecule has 2 amide bonds. The van der Waals surface area contributed by atoms with Gasteiger partial charge in [-0.05, 0) is 55.8 Å². The summed E-state index contributed by atoms with van der Waals surface area (Å²) >= 11 is 0. The molecule has 7 nitrogen and oxygen atoms in total. The van der Waals surface area contributed by atoms with Crippen LogP contribution in [0.3, 0.4) is 0 Å². The van der Waals surface area contributed by atoms with E-state index in [4.69, 9.17) is 4.74 Å². The van der Waals surface area contributed by atoms with Gasteiger partial charge in [-0.1, -0.05) is 12.1 Å². The van der Waals surface area contributed by atoms with Crippen LogP contribution in [0.25, 0.3) is 0 Å². The quantitative estimate of drug-likeness (QED) is 0.397. The second-order valence-corrected chi connectivity index (χ2v) is 6.01. The lowest BCUT2D eigenvalue weighted by Crippen LogP contribution is -2.24. The summed E-state index contributed by atoms with van der Waals surface area (Å²) in [4.78, 5) is 26.0. The third kappa shape index (κ3) is 6.42. The molecule has 0 saturated heterocycles. The van der Waals surface area contributed by atoms with E-state index < -0.39 is 11.8 Å². The van der Waals surface area contributed by atoms with Crippen molar-refractivity contribution in [3.05, 3.63) is 54.1 Å². The zero-order valence-electron chi connectivity index (χ0n) is 16.4. The fourth-order valence-corrected chi connectivity index (χ4v) is 2.60. The maximum absolute atomic E-state index is 11.9. The molecule has 0 heterocycles. The molecule has 0 aliphatic heterocycles. The summed E-state index contributed by atoms with van der Waals surface area (Å²) in [6.45, 7) is 6.11. The Hall–Kier alpha value is -3.35. The highest BCUT2D eigenvalue weighted by atomic mass is 16.5. The standard InChI is InChI=1S/C21H26N4O3/c1-4-25(5-2)18-10-6-16(7-11-18)15-22-24-21(27)14-20(26)23-17-8-12-19(28-3)13-9-17/h6-13,15H,4-5,14H2,1-3H3,(H,23,26)(H,24,27). The lowest BCUT2D eigenvalue weighted by molar-refractivity contribution is -0.126. The first-order valence-corrected chi connectivity index (χ1v) is 9.16. The van der Waals surface area contributed by atoms with Crippen LogP contribution in [0.2, 0.25) is 0 Å². The van der Waals surface area contributed by atoms with E-state index >= 15 is 0 Å². The third-order valence-electron chi connectivity index (χ3n) is 4.12. The van der Waals surface area contributed by atoms with Crippen LogP contribution in [-0.2, 0) is 9.59 Å². The zero-order chi connectivity index (χ0) is 20.4. The van der Waals surface area contributed by atoms with Gasteiger partial charge in [0.25, 0.3) is 0 Å². The largest absolute Gasteiger partial charge is 0.497 e. The monoisotopic (exact) mass is 382 g/mol. The van der Waals surface area contributed by atoms with E-state index in [9.17, 15) is 9.59 Å². The first kappa shape index (κ1) is 21.0. The smallest absolute Gasteiger partial charge is 0.249 e. The maximum atomic E-state index is 11.9. The van der Waals surface area contributed by atoms with Gasteiger partial charge >= 0.3 is 0 Å². The number of carbonyl (C=O) groups is 2. The Balaban J connectivity index is 1.80. The van der Waals surface area contributed by atoms with Crippen LogP contribution in [0.4, 0.5) is 11.4 Å². The molecule has 0 bridgehead atoms. The molecular weight excluding hydrogens is 356 g/mol. The van der Waals surface area contributed by atoms with Gasteiger partial charge in [-0.25, -0.2) is 5.43 Å². The van der Waals surface area contributed by atoms with Crippen LogP contribution in [0.5, 0.6) is 5.75 Å². The Kier molecular flexibility index (Phi) is 8.02. The van der Waals surface area contributed by atoms with Crippen molar-refractivity contribution < 1.29 is 14.3 Å². The van der Waals surface area contributed by atoms with Gasteiger partial charge < -0.3 is 15.0 Å². The van der Waals surface area contributed by atoms with E-state index in [-0.39, 0.29) is 6.42 Å². The third-order valence-corrected chi connectivity index (χ3v) is 4.12. The van der Waals surface area contributed by atoms with E-state index in [1.54, 1.807) is 37.6 Å². The fourth-order valence-electron chi connectivity index (χ4n) is 2.60. The van der Waals surface area contributed by atoms with Crippen LogP contribution < -0.4 is 20.4 Å². The van der Waals surface area contributed by atoms with Crippen LogP contribution in [0.15, 0.2) is 53.6 Å². The Bertz CT molecular complexity index is 797. The number of rotatable bonds is 9. The van der Waals surface area contributed by atoms with Gasteiger partial charge in [-0.15, -0.1) is 0 Å². The molecule has 0 fully saturated rings. The average Bonchev–Trinajstić information content (AvgIpc) is 2.70. The number of methoxy groups -OCH3 is 1. The molecule has 0 radical (unpaired) electrons. The molecule has 2 N–H and O–H groups in total. The minimum atomic E-state index is -0.484. The van der Waals surface area contributed by atoms with Gasteiger partial charge in [0.2, 0.25) is 11.8 Å². The average molecular weight is 382 g/mol. The summed E-state index contributed by atoms with van der Waals surface area (Å²) in [6.07, 6.45) is 1.23. The molecule has 0 unspecified atom stereocenters. The van der Waals surface area contributed by atoms with Crippen molar-refractivity contribution in [2.24, 2.45) is 5.10 Å². The number of ether oxygens (including phenoxy) is 1. The van der Waals surface area contributed by atoms with Crippen molar-refractivity contribution in [3.8, 4) is 5.75 Å². The van der Waals surface area contributed by atoms with Crippen molar-refractivity contribution in [2.45, 2.75) is 20.3 Å². The lowest BCUT2D eigenvalue weighted by Gasteiger charge is -2.20. The van der Waals surface area contributed by atoms with Gasteiger partial charge in [0, 0.05) is 24.5 Å².